The molecule has 1 N–H and O–H groups in total. The van der Waals surface area contributed by atoms with E-state index in [1.54, 1.807) is 0 Å². The number of nitrogens with one attached hydrogen (secondary N) is 1. The molecule has 1 aromatic rings. The van der Waals surface area contributed by atoms with Gasteiger partial charge in [0.25, 0.3) is 0 Å². The molecular formula is C14H18BrNO2. The summed E-state index contributed by atoms with van der Waals surface area (Å²) in [6.45, 7) is 3.32. The van der Waals surface area contributed by atoms with Crippen molar-refractivity contribution in [2.24, 2.45) is 5.92 Å². The number of ether oxygens (including phenoxy) is 1. The molecule has 1 amide bonds. The lowest BCUT2D eigenvalue weighted by Gasteiger charge is -2.14. The lowest BCUT2D eigenvalue weighted by atomic mass is 10.00. The molecule has 1 aromatic carbocycles. The first-order chi connectivity index (χ1) is 8.72. The van der Waals surface area contributed by atoms with E-state index in [-0.39, 0.29) is 11.8 Å². The molecule has 0 fully saturated rings. The smallest absolute Gasteiger partial charge is 0.231 e. The zero-order valence-corrected chi connectivity index (χ0v) is 12.1. The Morgan fingerprint density at radius 2 is 2.33 bits per heavy atom. The Morgan fingerprint density at radius 1 is 1.56 bits per heavy atom. The molecule has 0 saturated carbocycles. The second-order valence-corrected chi connectivity index (χ2v) is 5.52. The molecule has 2 rings (SSSR count). The van der Waals surface area contributed by atoms with Crippen molar-refractivity contribution >= 4 is 21.8 Å². The van der Waals surface area contributed by atoms with Crippen LogP contribution in [-0.2, 0) is 4.79 Å². The molecule has 0 radical (unpaired) electrons. The SMILES string of the molecule is CC(CCBr)CNC(=O)C1COc2ccccc21. The molecule has 0 saturated heterocycles. The number of carbonyl (C=O) groups is 1. The summed E-state index contributed by atoms with van der Waals surface area (Å²) in [5, 5.41) is 3.98. The summed E-state index contributed by atoms with van der Waals surface area (Å²) in [6, 6.07) is 7.75. The van der Waals surface area contributed by atoms with Gasteiger partial charge in [-0.1, -0.05) is 41.1 Å². The zero-order chi connectivity index (χ0) is 13.0. The summed E-state index contributed by atoms with van der Waals surface area (Å²) in [6.07, 6.45) is 1.07. The number of hydrogen-bond acceptors (Lipinski definition) is 2. The van der Waals surface area contributed by atoms with Gasteiger partial charge in [-0.15, -0.1) is 0 Å². The maximum Gasteiger partial charge on any atom is 0.231 e. The first kappa shape index (κ1) is 13.4. The third-order valence-corrected chi connectivity index (χ3v) is 3.70. The van der Waals surface area contributed by atoms with E-state index < -0.39 is 0 Å². The van der Waals surface area contributed by atoms with Crippen LogP contribution in [0.1, 0.15) is 24.8 Å². The highest BCUT2D eigenvalue weighted by atomic mass is 79.9. The largest absolute Gasteiger partial charge is 0.492 e. The van der Waals surface area contributed by atoms with Gasteiger partial charge in [0.05, 0.1) is 0 Å². The van der Waals surface area contributed by atoms with Crippen LogP contribution < -0.4 is 10.1 Å². The van der Waals surface area contributed by atoms with Crippen molar-refractivity contribution in [3.8, 4) is 5.75 Å². The van der Waals surface area contributed by atoms with Crippen molar-refractivity contribution in [1.29, 1.82) is 0 Å². The van der Waals surface area contributed by atoms with Crippen LogP contribution in [0.15, 0.2) is 24.3 Å². The summed E-state index contributed by atoms with van der Waals surface area (Å²) in [5.74, 6) is 1.25. The van der Waals surface area contributed by atoms with Crippen LogP contribution in [0.2, 0.25) is 0 Å². The van der Waals surface area contributed by atoms with Gasteiger partial charge in [-0.2, -0.15) is 0 Å². The van der Waals surface area contributed by atoms with Gasteiger partial charge in [-0.25, -0.2) is 0 Å². The number of hydrogen-bond donors (Lipinski definition) is 1. The number of carbonyl (C=O) groups excluding carboxylic acids is 1. The van der Waals surface area contributed by atoms with Gasteiger partial charge in [0.15, 0.2) is 0 Å². The van der Waals surface area contributed by atoms with Gasteiger partial charge in [0.1, 0.15) is 18.3 Å². The van der Waals surface area contributed by atoms with E-state index in [0.717, 1.165) is 29.6 Å². The lowest BCUT2D eigenvalue weighted by molar-refractivity contribution is -0.122. The van der Waals surface area contributed by atoms with Gasteiger partial charge in [-0.05, 0) is 18.4 Å². The monoisotopic (exact) mass is 311 g/mol. The van der Waals surface area contributed by atoms with E-state index >= 15 is 0 Å². The molecule has 2 unspecified atom stereocenters. The van der Waals surface area contributed by atoms with Crippen molar-refractivity contribution in [2.45, 2.75) is 19.3 Å². The Kier molecular flexibility index (Phi) is 4.64. The highest BCUT2D eigenvalue weighted by Crippen LogP contribution is 2.33. The van der Waals surface area contributed by atoms with E-state index in [2.05, 4.69) is 28.2 Å². The van der Waals surface area contributed by atoms with Crippen LogP contribution in [0.4, 0.5) is 0 Å². The van der Waals surface area contributed by atoms with Gasteiger partial charge in [0.2, 0.25) is 5.91 Å². The molecule has 3 nitrogen and oxygen atoms in total. The fourth-order valence-electron chi connectivity index (χ4n) is 2.07. The topological polar surface area (TPSA) is 38.3 Å². The van der Waals surface area contributed by atoms with Crippen LogP contribution in [0.5, 0.6) is 5.75 Å². The molecule has 98 valence electrons. The zero-order valence-electron chi connectivity index (χ0n) is 10.5. The molecule has 0 aliphatic carbocycles. The molecule has 0 aromatic heterocycles. The minimum absolute atomic E-state index is 0.0707. The Hall–Kier alpha value is -1.03. The van der Waals surface area contributed by atoms with Crippen LogP contribution in [0, 0.1) is 5.92 Å². The second-order valence-electron chi connectivity index (χ2n) is 4.73. The molecule has 4 heteroatoms. The van der Waals surface area contributed by atoms with E-state index in [9.17, 15) is 4.79 Å². The summed E-state index contributed by atoms with van der Waals surface area (Å²) in [7, 11) is 0. The average molecular weight is 312 g/mol. The van der Waals surface area contributed by atoms with Crippen molar-refractivity contribution in [1.82, 2.24) is 5.32 Å². The number of halogens is 1. The molecule has 2 atom stereocenters. The fourth-order valence-corrected chi connectivity index (χ4v) is 2.85. The number of amides is 1. The predicted molar refractivity (Wildman–Crippen MR) is 75.3 cm³/mol. The Morgan fingerprint density at radius 3 is 3.11 bits per heavy atom. The van der Waals surface area contributed by atoms with Gasteiger partial charge in [0, 0.05) is 17.4 Å². The van der Waals surface area contributed by atoms with Gasteiger partial charge in [-0.3, -0.25) is 4.79 Å². The van der Waals surface area contributed by atoms with Gasteiger partial charge < -0.3 is 10.1 Å². The fraction of sp³-hybridized carbons (Fsp3) is 0.500. The molecule has 1 aliphatic heterocycles. The predicted octanol–water partition coefficient (Wildman–Crippen LogP) is 2.70. The summed E-state index contributed by atoms with van der Waals surface area (Å²) in [5.41, 5.74) is 1.00. The highest BCUT2D eigenvalue weighted by Gasteiger charge is 2.29. The van der Waals surface area contributed by atoms with Crippen LogP contribution >= 0.6 is 15.9 Å². The third kappa shape index (κ3) is 3.05. The van der Waals surface area contributed by atoms with E-state index in [1.807, 2.05) is 24.3 Å². The number of alkyl halides is 1. The van der Waals surface area contributed by atoms with E-state index in [0.29, 0.717) is 12.5 Å². The molecule has 1 aliphatic rings. The maximum atomic E-state index is 12.1. The van der Waals surface area contributed by atoms with E-state index in [1.165, 1.54) is 0 Å². The summed E-state index contributed by atoms with van der Waals surface area (Å²) in [4.78, 5) is 12.1. The standard InChI is InChI=1S/C14H18BrNO2/c1-10(6-7-15)8-16-14(17)12-9-18-13-5-3-2-4-11(12)13/h2-5,10,12H,6-9H2,1H3,(H,16,17). The maximum absolute atomic E-state index is 12.1. The highest BCUT2D eigenvalue weighted by molar-refractivity contribution is 9.09. The average Bonchev–Trinajstić information content (AvgIpc) is 2.80. The number of fused-ring (bicyclic) bond motifs is 1. The molecule has 0 bridgehead atoms. The van der Waals surface area contributed by atoms with Crippen molar-refractivity contribution in [3.05, 3.63) is 29.8 Å². The summed E-state index contributed by atoms with van der Waals surface area (Å²) < 4.78 is 5.52. The minimum Gasteiger partial charge on any atom is -0.492 e. The lowest BCUT2D eigenvalue weighted by Crippen LogP contribution is -2.33. The van der Waals surface area contributed by atoms with Crippen molar-refractivity contribution in [2.75, 3.05) is 18.5 Å². The first-order valence-electron chi connectivity index (χ1n) is 6.27. The molecule has 18 heavy (non-hydrogen) atoms. The Labute approximate surface area is 116 Å². The quantitative estimate of drug-likeness (QED) is 0.849. The summed E-state index contributed by atoms with van der Waals surface area (Å²) >= 11 is 3.41. The molecule has 0 spiro atoms. The van der Waals surface area contributed by atoms with Crippen LogP contribution in [0.3, 0.4) is 0 Å². The van der Waals surface area contributed by atoms with Gasteiger partial charge >= 0.3 is 0 Å². The van der Waals surface area contributed by atoms with Crippen molar-refractivity contribution < 1.29 is 9.53 Å². The van der Waals surface area contributed by atoms with E-state index in [4.69, 9.17) is 4.74 Å². The first-order valence-corrected chi connectivity index (χ1v) is 7.40. The van der Waals surface area contributed by atoms with Crippen molar-refractivity contribution in [3.63, 3.8) is 0 Å². The minimum atomic E-state index is -0.155. The third-order valence-electron chi connectivity index (χ3n) is 3.24. The number of rotatable bonds is 5. The molecular weight excluding hydrogens is 294 g/mol. The van der Waals surface area contributed by atoms with Crippen LogP contribution in [0.25, 0.3) is 0 Å². The normalized spacial score (nSPS) is 18.9. The molecule has 1 heterocycles. The number of benzene rings is 1. The Balaban J connectivity index is 1.91. The number of para-hydroxylation sites is 1. The Bertz CT molecular complexity index is 422. The second kappa shape index (κ2) is 6.23. The van der Waals surface area contributed by atoms with Crippen LogP contribution in [-0.4, -0.2) is 24.4 Å².